The molecular formula is C44H36ClFN10O2S2. The van der Waals surface area contributed by atoms with E-state index >= 15 is 0 Å². The third kappa shape index (κ3) is 11.0. The number of rotatable bonds is 10. The lowest BCUT2D eigenvalue weighted by Crippen LogP contribution is -2.20. The molecule has 4 aromatic heterocycles. The molecule has 0 atom stereocenters. The van der Waals surface area contributed by atoms with Crippen molar-refractivity contribution in [2.24, 2.45) is 0 Å². The van der Waals surface area contributed by atoms with Crippen LogP contribution in [-0.2, 0) is 0 Å². The van der Waals surface area contributed by atoms with Crippen LogP contribution in [0.5, 0.6) is 0 Å². The maximum absolute atomic E-state index is 13.7. The van der Waals surface area contributed by atoms with Crippen molar-refractivity contribution in [3.8, 4) is 22.5 Å². The Labute approximate surface area is 358 Å². The molecule has 0 aliphatic heterocycles. The molecule has 0 aliphatic rings. The van der Waals surface area contributed by atoms with Gasteiger partial charge in [0.1, 0.15) is 5.82 Å². The molecule has 0 unspecified atom stereocenters. The molecule has 0 aliphatic carbocycles. The molecule has 0 bridgehead atoms. The van der Waals surface area contributed by atoms with Crippen molar-refractivity contribution in [3.05, 3.63) is 167 Å². The van der Waals surface area contributed by atoms with E-state index in [9.17, 15) is 14.0 Å². The highest BCUT2D eigenvalue weighted by Gasteiger charge is 2.12. The van der Waals surface area contributed by atoms with E-state index in [1.165, 1.54) is 34.8 Å². The van der Waals surface area contributed by atoms with E-state index in [0.717, 1.165) is 55.3 Å². The van der Waals surface area contributed by atoms with Gasteiger partial charge in [0.15, 0.2) is 10.3 Å². The van der Waals surface area contributed by atoms with E-state index in [0.29, 0.717) is 22.1 Å². The number of urea groups is 2. The predicted molar refractivity (Wildman–Crippen MR) is 243 cm³/mol. The Morgan fingerprint density at radius 1 is 0.567 bits per heavy atom. The third-order valence-corrected chi connectivity index (χ3v) is 10.5. The van der Waals surface area contributed by atoms with Gasteiger partial charge in [0, 0.05) is 69.4 Å². The molecular weight excluding hydrogens is 819 g/mol. The summed E-state index contributed by atoms with van der Waals surface area (Å²) in [6, 6.07) is 31.0. The Morgan fingerprint density at radius 2 is 1.05 bits per heavy atom. The molecule has 4 heterocycles. The van der Waals surface area contributed by atoms with Crippen LogP contribution >= 0.6 is 34.3 Å². The zero-order valence-electron chi connectivity index (χ0n) is 32.0. The van der Waals surface area contributed by atoms with Crippen LogP contribution in [0.25, 0.3) is 22.5 Å². The number of nitrogens with zero attached hydrogens (tertiary/aromatic N) is 4. The van der Waals surface area contributed by atoms with E-state index in [4.69, 9.17) is 11.6 Å². The summed E-state index contributed by atoms with van der Waals surface area (Å²) in [5, 5.41) is 23.3. The largest absolute Gasteiger partial charge is 0.331 e. The molecule has 6 N–H and O–H groups in total. The molecule has 16 heteroatoms. The molecule has 0 fully saturated rings. The maximum atomic E-state index is 13.7. The molecule has 60 heavy (non-hydrogen) atoms. The highest BCUT2D eigenvalue weighted by atomic mass is 35.5. The number of hydrogen-bond acceptors (Lipinski definition) is 10. The topological polar surface area (TPSA) is 158 Å². The van der Waals surface area contributed by atoms with Gasteiger partial charge in [-0.2, -0.15) is 0 Å². The summed E-state index contributed by atoms with van der Waals surface area (Å²) in [7, 11) is 0. The summed E-state index contributed by atoms with van der Waals surface area (Å²) < 4.78 is 13.7. The highest BCUT2D eigenvalue weighted by Crippen LogP contribution is 2.31. The van der Waals surface area contributed by atoms with E-state index in [2.05, 4.69) is 51.8 Å². The first kappa shape index (κ1) is 41.0. The quantitative estimate of drug-likeness (QED) is 0.0793. The number of carbonyl (C=O) groups excluding carboxylic acids is 2. The first-order valence-electron chi connectivity index (χ1n) is 18.3. The number of carbonyl (C=O) groups is 2. The van der Waals surface area contributed by atoms with Crippen molar-refractivity contribution in [2.45, 2.75) is 13.8 Å². The number of aryl methyl sites for hydroxylation is 2. The second-order valence-electron chi connectivity index (χ2n) is 13.0. The van der Waals surface area contributed by atoms with Gasteiger partial charge in [0.2, 0.25) is 0 Å². The third-order valence-electron chi connectivity index (χ3n) is 8.64. The standard InChI is InChI=1S/C22H18ClN5OS.C22H18FN5OS/c2*1-14-8-9-16(25-21(29)26-18-7-3-2-6-17(18)23)11-19(14)27-22-28-20(13-30-22)15-5-4-10-24-12-15/h2*2-13H,1H3,(H,27,28)(H2,25,26,29). The molecule has 8 rings (SSSR count). The monoisotopic (exact) mass is 854 g/mol. The van der Waals surface area contributed by atoms with Gasteiger partial charge in [-0.1, -0.05) is 48.0 Å². The van der Waals surface area contributed by atoms with Crippen LogP contribution in [0.2, 0.25) is 5.02 Å². The van der Waals surface area contributed by atoms with Crippen LogP contribution in [0.3, 0.4) is 0 Å². The SMILES string of the molecule is Cc1ccc(NC(=O)Nc2ccccc2Cl)cc1Nc1nc(-c2cccnc2)cs1.Cc1ccc(NC(=O)Nc2ccccc2F)cc1Nc1nc(-c2cccnc2)cs1. The fourth-order valence-corrected chi connectivity index (χ4v) is 7.20. The van der Waals surface area contributed by atoms with E-state index in [1.54, 1.807) is 61.2 Å². The lowest BCUT2D eigenvalue weighted by Gasteiger charge is -2.12. The van der Waals surface area contributed by atoms with Gasteiger partial charge >= 0.3 is 12.1 Å². The first-order valence-corrected chi connectivity index (χ1v) is 20.4. The smallest absolute Gasteiger partial charge is 0.323 e. The number of halogens is 2. The van der Waals surface area contributed by atoms with E-state index < -0.39 is 11.8 Å². The van der Waals surface area contributed by atoms with Crippen LogP contribution in [0.15, 0.2) is 145 Å². The minimum atomic E-state index is -0.525. The molecule has 12 nitrogen and oxygen atoms in total. The van der Waals surface area contributed by atoms with E-state index in [-0.39, 0.29) is 11.7 Å². The molecule has 0 saturated heterocycles. The molecule has 8 aromatic rings. The number of para-hydroxylation sites is 2. The van der Waals surface area contributed by atoms with Crippen molar-refractivity contribution >= 4 is 90.7 Å². The zero-order valence-corrected chi connectivity index (χ0v) is 34.4. The number of hydrogen-bond donors (Lipinski definition) is 6. The summed E-state index contributed by atoms with van der Waals surface area (Å²) in [6.45, 7) is 3.95. The average molecular weight is 855 g/mol. The summed E-state index contributed by atoms with van der Waals surface area (Å²) in [6.07, 6.45) is 7.01. The van der Waals surface area contributed by atoms with Crippen LogP contribution in [-0.4, -0.2) is 32.0 Å². The predicted octanol–water partition coefficient (Wildman–Crippen LogP) is 12.6. The number of anilines is 8. The molecule has 4 aromatic carbocycles. The summed E-state index contributed by atoms with van der Waals surface area (Å²) in [5.74, 6) is -0.493. The Bertz CT molecular complexity index is 2550. The maximum Gasteiger partial charge on any atom is 0.323 e. The number of nitrogens with one attached hydrogen (secondary N) is 6. The number of aromatic nitrogens is 4. The van der Waals surface area contributed by atoms with Gasteiger partial charge in [-0.05, 0) is 97.8 Å². The second-order valence-corrected chi connectivity index (χ2v) is 15.1. The van der Waals surface area contributed by atoms with Crippen molar-refractivity contribution in [1.82, 2.24) is 19.9 Å². The van der Waals surface area contributed by atoms with Gasteiger partial charge in [-0.15, -0.1) is 22.7 Å². The Balaban J connectivity index is 0.000000181. The normalized spacial score (nSPS) is 10.5. The van der Waals surface area contributed by atoms with Crippen LogP contribution in [0, 0.1) is 19.7 Å². The molecule has 300 valence electrons. The lowest BCUT2D eigenvalue weighted by molar-refractivity contribution is 0.261. The zero-order chi connectivity index (χ0) is 41.8. The number of benzene rings is 4. The fraction of sp³-hybridized carbons (Fsp3) is 0.0455. The van der Waals surface area contributed by atoms with Crippen LogP contribution < -0.4 is 31.9 Å². The summed E-state index contributed by atoms with van der Waals surface area (Å²) in [5.41, 5.74) is 9.19. The number of amides is 4. The van der Waals surface area contributed by atoms with Crippen LogP contribution in [0.1, 0.15) is 11.1 Å². The first-order chi connectivity index (χ1) is 29.2. The molecule has 4 amide bonds. The summed E-state index contributed by atoms with van der Waals surface area (Å²) >= 11 is 9.08. The van der Waals surface area contributed by atoms with Gasteiger partial charge in [0.05, 0.1) is 27.8 Å². The number of pyridine rings is 2. The van der Waals surface area contributed by atoms with Gasteiger partial charge in [-0.25, -0.2) is 23.9 Å². The van der Waals surface area contributed by atoms with Crippen molar-refractivity contribution in [3.63, 3.8) is 0 Å². The molecule has 0 spiro atoms. The fourth-order valence-electron chi connectivity index (χ4n) is 5.55. The Hall–Kier alpha value is -7.20. The van der Waals surface area contributed by atoms with E-state index in [1.807, 2.05) is 85.3 Å². The number of thiazole rings is 2. The minimum absolute atomic E-state index is 0.117. The van der Waals surface area contributed by atoms with Crippen molar-refractivity contribution in [2.75, 3.05) is 31.9 Å². The lowest BCUT2D eigenvalue weighted by atomic mass is 10.2. The van der Waals surface area contributed by atoms with Gasteiger partial charge in [0.25, 0.3) is 0 Å². The highest BCUT2D eigenvalue weighted by molar-refractivity contribution is 7.14. The van der Waals surface area contributed by atoms with Gasteiger partial charge < -0.3 is 31.9 Å². The van der Waals surface area contributed by atoms with Gasteiger partial charge in [-0.3, -0.25) is 9.97 Å². The summed E-state index contributed by atoms with van der Waals surface area (Å²) in [4.78, 5) is 42.0. The van der Waals surface area contributed by atoms with Crippen molar-refractivity contribution < 1.29 is 14.0 Å². The Morgan fingerprint density at radius 3 is 1.53 bits per heavy atom. The molecule has 0 saturated carbocycles. The average Bonchev–Trinajstić information content (AvgIpc) is 3.93. The van der Waals surface area contributed by atoms with Crippen LogP contribution in [0.4, 0.5) is 58.4 Å². The Kier molecular flexibility index (Phi) is 13.3. The molecule has 0 radical (unpaired) electrons. The second kappa shape index (κ2) is 19.5. The minimum Gasteiger partial charge on any atom is -0.331 e. The van der Waals surface area contributed by atoms with Crippen molar-refractivity contribution in [1.29, 1.82) is 0 Å².